The van der Waals surface area contributed by atoms with Gasteiger partial charge >= 0.3 is 0 Å². The largest absolute Gasteiger partial charge is 0.299 e. The predicted molar refractivity (Wildman–Crippen MR) is 61.8 cm³/mol. The van der Waals surface area contributed by atoms with Crippen LogP contribution in [0, 0.1) is 5.92 Å². The highest BCUT2D eigenvalue weighted by Gasteiger charge is 2.35. The predicted octanol–water partition coefficient (Wildman–Crippen LogP) is 2.40. The van der Waals surface area contributed by atoms with E-state index in [9.17, 15) is 4.79 Å². The third kappa shape index (κ3) is 2.31. The topological polar surface area (TPSA) is 20.3 Å². The molecule has 15 heavy (non-hydrogen) atoms. The van der Waals surface area contributed by atoms with Crippen molar-refractivity contribution in [1.82, 2.24) is 4.90 Å². The van der Waals surface area contributed by atoms with Gasteiger partial charge in [0.1, 0.15) is 5.78 Å². The Bertz CT molecular complexity index is 249. The molecule has 0 N–H and O–H groups in total. The number of Topliss-reactive ketones (excluding diaryl/α,β-unsaturated/α-hetero) is 1. The first-order valence-electron chi connectivity index (χ1n) is 6.20. The van der Waals surface area contributed by atoms with Crippen molar-refractivity contribution in [3.05, 3.63) is 12.7 Å². The summed E-state index contributed by atoms with van der Waals surface area (Å²) in [5.74, 6) is 0.850. The van der Waals surface area contributed by atoms with E-state index in [-0.39, 0.29) is 0 Å². The minimum atomic E-state index is 0.334. The summed E-state index contributed by atoms with van der Waals surface area (Å²) in [5.41, 5.74) is 0. The molecular weight excluding hydrogens is 186 g/mol. The average molecular weight is 207 g/mol. The molecule has 0 spiro atoms. The molecule has 0 amide bonds. The lowest BCUT2D eigenvalue weighted by Crippen LogP contribution is -2.40. The van der Waals surface area contributed by atoms with Gasteiger partial charge in [-0.15, -0.1) is 6.58 Å². The van der Waals surface area contributed by atoms with Gasteiger partial charge in [0.15, 0.2) is 0 Å². The summed E-state index contributed by atoms with van der Waals surface area (Å²) in [7, 11) is 0. The monoisotopic (exact) mass is 207 g/mol. The van der Waals surface area contributed by atoms with E-state index in [1.165, 1.54) is 19.3 Å². The number of nitrogens with zero attached hydrogens (tertiary/aromatic N) is 1. The zero-order chi connectivity index (χ0) is 10.7. The van der Waals surface area contributed by atoms with Gasteiger partial charge in [-0.1, -0.05) is 12.5 Å². The summed E-state index contributed by atoms with van der Waals surface area (Å²) in [6.45, 7) is 5.90. The van der Waals surface area contributed by atoms with Crippen LogP contribution >= 0.6 is 0 Å². The Kier molecular flexibility index (Phi) is 3.57. The van der Waals surface area contributed by atoms with Gasteiger partial charge in [0.05, 0.1) is 0 Å². The molecule has 1 saturated carbocycles. The number of hydrogen-bond donors (Lipinski definition) is 0. The molecule has 0 radical (unpaired) electrons. The second-order valence-electron chi connectivity index (χ2n) is 4.81. The molecule has 1 aliphatic heterocycles. The van der Waals surface area contributed by atoms with Crippen LogP contribution in [0.25, 0.3) is 0 Å². The van der Waals surface area contributed by atoms with E-state index in [4.69, 9.17) is 0 Å². The minimum absolute atomic E-state index is 0.334. The van der Waals surface area contributed by atoms with Crippen molar-refractivity contribution in [2.45, 2.75) is 44.6 Å². The fourth-order valence-corrected chi connectivity index (χ4v) is 3.12. The van der Waals surface area contributed by atoms with Crippen LogP contribution in [0.5, 0.6) is 0 Å². The highest BCUT2D eigenvalue weighted by molar-refractivity contribution is 5.82. The van der Waals surface area contributed by atoms with E-state index in [2.05, 4.69) is 11.5 Å². The van der Waals surface area contributed by atoms with Crippen LogP contribution in [0.4, 0.5) is 0 Å². The van der Waals surface area contributed by atoms with Gasteiger partial charge in [0.2, 0.25) is 0 Å². The number of rotatable bonds is 3. The second kappa shape index (κ2) is 4.93. The first-order chi connectivity index (χ1) is 7.33. The van der Waals surface area contributed by atoms with E-state index < -0.39 is 0 Å². The Labute approximate surface area is 92.3 Å². The first kappa shape index (κ1) is 10.9. The zero-order valence-corrected chi connectivity index (χ0v) is 9.45. The molecule has 2 atom stereocenters. The second-order valence-corrected chi connectivity index (χ2v) is 4.81. The van der Waals surface area contributed by atoms with Crippen molar-refractivity contribution in [1.29, 1.82) is 0 Å². The number of carbonyl (C=O) groups is 1. The third-order valence-electron chi connectivity index (χ3n) is 3.84. The molecule has 2 fully saturated rings. The van der Waals surface area contributed by atoms with Gasteiger partial charge in [-0.25, -0.2) is 0 Å². The lowest BCUT2D eigenvalue weighted by molar-refractivity contribution is -0.126. The maximum atomic E-state index is 11.9. The molecule has 1 aliphatic carbocycles. The molecule has 0 aromatic heterocycles. The van der Waals surface area contributed by atoms with E-state index in [1.54, 1.807) is 0 Å². The van der Waals surface area contributed by atoms with E-state index in [1.807, 2.05) is 6.08 Å². The number of likely N-dealkylation sites (tertiary alicyclic amines) is 1. The van der Waals surface area contributed by atoms with Crippen molar-refractivity contribution >= 4 is 5.78 Å². The lowest BCUT2D eigenvalue weighted by Gasteiger charge is -2.32. The van der Waals surface area contributed by atoms with Gasteiger partial charge in [-0.3, -0.25) is 9.69 Å². The standard InChI is InChI=1S/C13H21NO/c1-2-9-14-10-5-7-12(14)11-6-3-4-8-13(11)15/h2,11-12H,1,3-10H2. The van der Waals surface area contributed by atoms with Gasteiger partial charge in [-0.05, 0) is 32.2 Å². The molecule has 0 aromatic carbocycles. The van der Waals surface area contributed by atoms with Crippen LogP contribution in [0.3, 0.4) is 0 Å². The Morgan fingerprint density at radius 3 is 2.93 bits per heavy atom. The van der Waals surface area contributed by atoms with Crippen LogP contribution in [0.15, 0.2) is 12.7 Å². The Hall–Kier alpha value is -0.630. The summed E-state index contributed by atoms with van der Waals surface area (Å²) in [6, 6.07) is 0.524. The molecular formula is C13H21NO. The highest BCUT2D eigenvalue weighted by Crippen LogP contribution is 2.32. The Morgan fingerprint density at radius 2 is 2.20 bits per heavy atom. The van der Waals surface area contributed by atoms with Crippen LogP contribution in [0.1, 0.15) is 38.5 Å². The Morgan fingerprint density at radius 1 is 1.33 bits per heavy atom. The van der Waals surface area contributed by atoms with E-state index >= 15 is 0 Å². The lowest BCUT2D eigenvalue weighted by atomic mass is 9.82. The number of hydrogen-bond acceptors (Lipinski definition) is 2. The minimum Gasteiger partial charge on any atom is -0.299 e. The smallest absolute Gasteiger partial charge is 0.137 e. The van der Waals surface area contributed by atoms with Gasteiger partial charge in [0.25, 0.3) is 0 Å². The van der Waals surface area contributed by atoms with Crippen molar-refractivity contribution in [3.8, 4) is 0 Å². The fraction of sp³-hybridized carbons (Fsp3) is 0.769. The summed E-state index contributed by atoms with van der Waals surface area (Å²) < 4.78 is 0. The van der Waals surface area contributed by atoms with E-state index in [0.717, 1.165) is 32.4 Å². The van der Waals surface area contributed by atoms with Gasteiger partial charge in [-0.2, -0.15) is 0 Å². The average Bonchev–Trinajstić information content (AvgIpc) is 2.67. The van der Waals surface area contributed by atoms with Crippen LogP contribution in [0.2, 0.25) is 0 Å². The third-order valence-corrected chi connectivity index (χ3v) is 3.84. The van der Waals surface area contributed by atoms with E-state index in [0.29, 0.717) is 17.7 Å². The molecule has 2 heteroatoms. The van der Waals surface area contributed by atoms with Crippen molar-refractivity contribution < 1.29 is 4.79 Å². The summed E-state index contributed by atoms with van der Waals surface area (Å²) in [5, 5.41) is 0. The van der Waals surface area contributed by atoms with Gasteiger partial charge < -0.3 is 0 Å². The maximum absolute atomic E-state index is 11.9. The fourth-order valence-electron chi connectivity index (χ4n) is 3.12. The molecule has 0 aromatic rings. The van der Waals surface area contributed by atoms with Crippen molar-refractivity contribution in [2.75, 3.05) is 13.1 Å². The molecule has 1 heterocycles. The Balaban J connectivity index is 2.00. The molecule has 2 unspecified atom stereocenters. The quantitative estimate of drug-likeness (QED) is 0.662. The normalized spacial score (nSPS) is 33.2. The molecule has 2 rings (SSSR count). The molecule has 84 valence electrons. The molecule has 2 aliphatic rings. The molecule has 0 bridgehead atoms. The number of ketones is 1. The van der Waals surface area contributed by atoms with Gasteiger partial charge in [0, 0.05) is 24.9 Å². The summed E-state index contributed by atoms with van der Waals surface area (Å²) >= 11 is 0. The number of carbonyl (C=O) groups excluding carboxylic acids is 1. The first-order valence-corrected chi connectivity index (χ1v) is 6.20. The van der Waals surface area contributed by atoms with Crippen molar-refractivity contribution in [2.24, 2.45) is 5.92 Å². The highest BCUT2D eigenvalue weighted by atomic mass is 16.1. The van der Waals surface area contributed by atoms with Crippen LogP contribution in [-0.2, 0) is 4.79 Å². The van der Waals surface area contributed by atoms with Crippen LogP contribution < -0.4 is 0 Å². The molecule has 1 saturated heterocycles. The summed E-state index contributed by atoms with van der Waals surface area (Å²) in [4.78, 5) is 14.3. The SMILES string of the molecule is C=CCN1CCCC1C1CCCCC1=O. The maximum Gasteiger partial charge on any atom is 0.137 e. The zero-order valence-electron chi connectivity index (χ0n) is 9.45. The molecule has 2 nitrogen and oxygen atoms in total. The summed E-state index contributed by atoms with van der Waals surface area (Å²) in [6.07, 6.45) is 8.73. The van der Waals surface area contributed by atoms with Crippen LogP contribution in [-0.4, -0.2) is 29.8 Å². The van der Waals surface area contributed by atoms with Crippen molar-refractivity contribution in [3.63, 3.8) is 0 Å².